The SMILES string of the molecule is CNc1nc(C)c([N+](=O)[O-])c(NCCc2nccs2)n1. The van der Waals surface area contributed by atoms with Crippen LogP contribution in [0.25, 0.3) is 0 Å². The van der Waals surface area contributed by atoms with Crippen molar-refractivity contribution in [1.82, 2.24) is 15.0 Å². The van der Waals surface area contributed by atoms with E-state index in [1.807, 2.05) is 5.38 Å². The topological polar surface area (TPSA) is 106 Å². The molecule has 2 aromatic rings. The lowest BCUT2D eigenvalue weighted by molar-refractivity contribution is -0.385. The molecule has 2 N–H and O–H groups in total. The fourth-order valence-electron chi connectivity index (χ4n) is 1.68. The van der Waals surface area contributed by atoms with E-state index in [1.54, 1.807) is 31.5 Å². The second kappa shape index (κ2) is 6.24. The summed E-state index contributed by atoms with van der Waals surface area (Å²) in [7, 11) is 1.67. The number of hydrogen-bond donors (Lipinski definition) is 2. The lowest BCUT2D eigenvalue weighted by Gasteiger charge is -2.08. The highest BCUT2D eigenvalue weighted by molar-refractivity contribution is 7.09. The number of nitrogens with one attached hydrogen (secondary N) is 2. The van der Waals surface area contributed by atoms with E-state index in [9.17, 15) is 10.1 Å². The van der Waals surface area contributed by atoms with Gasteiger partial charge in [-0.3, -0.25) is 10.1 Å². The van der Waals surface area contributed by atoms with Crippen LogP contribution in [0, 0.1) is 17.0 Å². The van der Waals surface area contributed by atoms with Crippen LogP contribution in [0.15, 0.2) is 11.6 Å². The van der Waals surface area contributed by atoms with Crippen molar-refractivity contribution in [1.29, 1.82) is 0 Å². The van der Waals surface area contributed by atoms with E-state index in [-0.39, 0.29) is 11.5 Å². The molecule has 0 saturated heterocycles. The Morgan fingerprint density at radius 1 is 1.45 bits per heavy atom. The number of rotatable bonds is 6. The monoisotopic (exact) mass is 294 g/mol. The van der Waals surface area contributed by atoms with Crippen molar-refractivity contribution in [2.75, 3.05) is 24.2 Å². The highest BCUT2D eigenvalue weighted by Gasteiger charge is 2.21. The quantitative estimate of drug-likeness (QED) is 0.618. The average molecular weight is 294 g/mol. The Bertz CT molecular complexity index is 601. The van der Waals surface area contributed by atoms with Gasteiger partial charge in [-0.2, -0.15) is 4.98 Å². The highest BCUT2D eigenvalue weighted by Crippen LogP contribution is 2.26. The standard InChI is InChI=1S/C11H14N6O2S/c1-7-9(17(18)19)10(16-11(12-2)15-7)14-4-3-8-13-5-6-20-8/h5-6H,3-4H2,1-2H3,(H2,12,14,15,16). The average Bonchev–Trinajstić information content (AvgIpc) is 2.90. The van der Waals surface area contributed by atoms with Crippen molar-refractivity contribution < 1.29 is 4.92 Å². The van der Waals surface area contributed by atoms with Crippen LogP contribution >= 0.6 is 11.3 Å². The predicted molar refractivity (Wildman–Crippen MR) is 77.3 cm³/mol. The molecule has 0 aliphatic heterocycles. The zero-order valence-electron chi connectivity index (χ0n) is 11.1. The zero-order chi connectivity index (χ0) is 14.5. The van der Waals surface area contributed by atoms with Crippen molar-refractivity contribution in [2.24, 2.45) is 0 Å². The molecule has 0 fully saturated rings. The largest absolute Gasteiger partial charge is 0.364 e. The molecule has 2 aromatic heterocycles. The summed E-state index contributed by atoms with van der Waals surface area (Å²) < 4.78 is 0. The van der Waals surface area contributed by atoms with Gasteiger partial charge in [0.05, 0.1) is 9.93 Å². The molecular formula is C11H14N6O2S. The van der Waals surface area contributed by atoms with Crippen molar-refractivity contribution in [3.8, 4) is 0 Å². The van der Waals surface area contributed by atoms with Crippen LogP contribution in [0.5, 0.6) is 0 Å². The number of hydrogen-bond acceptors (Lipinski definition) is 8. The molecule has 0 bridgehead atoms. The van der Waals surface area contributed by atoms with E-state index >= 15 is 0 Å². The normalized spacial score (nSPS) is 10.3. The van der Waals surface area contributed by atoms with Gasteiger partial charge >= 0.3 is 5.69 Å². The van der Waals surface area contributed by atoms with Gasteiger partial charge in [0.25, 0.3) is 0 Å². The Morgan fingerprint density at radius 2 is 2.25 bits per heavy atom. The van der Waals surface area contributed by atoms with Crippen LogP contribution in [-0.2, 0) is 6.42 Å². The lowest BCUT2D eigenvalue weighted by Crippen LogP contribution is -2.12. The van der Waals surface area contributed by atoms with E-state index < -0.39 is 4.92 Å². The van der Waals surface area contributed by atoms with Gasteiger partial charge in [0, 0.05) is 31.6 Å². The first-order valence-electron chi connectivity index (χ1n) is 5.95. The number of aromatic nitrogens is 3. The molecule has 20 heavy (non-hydrogen) atoms. The predicted octanol–water partition coefficient (Wildman–Crippen LogP) is 1.85. The van der Waals surface area contributed by atoms with Gasteiger partial charge in [0.15, 0.2) is 0 Å². The molecule has 106 valence electrons. The Labute approximate surface area is 119 Å². The third-order valence-corrected chi connectivity index (χ3v) is 3.42. The Hall–Kier alpha value is -2.29. The molecule has 0 radical (unpaired) electrons. The number of nitrogens with zero attached hydrogens (tertiary/aromatic N) is 4. The summed E-state index contributed by atoms with van der Waals surface area (Å²) >= 11 is 1.55. The first-order chi connectivity index (χ1) is 9.61. The van der Waals surface area contributed by atoms with Crippen LogP contribution in [0.3, 0.4) is 0 Å². The van der Waals surface area contributed by atoms with Crippen molar-refractivity contribution in [2.45, 2.75) is 13.3 Å². The van der Waals surface area contributed by atoms with Crippen LogP contribution in [0.2, 0.25) is 0 Å². The van der Waals surface area contributed by atoms with E-state index in [1.165, 1.54) is 0 Å². The molecule has 0 spiro atoms. The lowest BCUT2D eigenvalue weighted by atomic mass is 10.3. The van der Waals surface area contributed by atoms with Gasteiger partial charge in [-0.25, -0.2) is 9.97 Å². The minimum atomic E-state index is -0.472. The number of thiazole rings is 1. The van der Waals surface area contributed by atoms with Crippen LogP contribution in [0.4, 0.5) is 17.5 Å². The number of nitro groups is 1. The fraction of sp³-hybridized carbons (Fsp3) is 0.364. The minimum Gasteiger partial charge on any atom is -0.364 e. The van der Waals surface area contributed by atoms with E-state index in [0.29, 0.717) is 24.6 Å². The van der Waals surface area contributed by atoms with Gasteiger partial charge < -0.3 is 10.6 Å². The first-order valence-corrected chi connectivity index (χ1v) is 6.82. The van der Waals surface area contributed by atoms with Crippen molar-refractivity contribution in [3.63, 3.8) is 0 Å². The van der Waals surface area contributed by atoms with Gasteiger partial charge in [-0.05, 0) is 6.92 Å². The minimum absolute atomic E-state index is 0.0943. The molecule has 0 aromatic carbocycles. The molecule has 0 amide bonds. The third-order valence-electron chi connectivity index (χ3n) is 2.58. The summed E-state index contributed by atoms with van der Waals surface area (Å²) in [5, 5.41) is 19.7. The number of anilines is 2. The van der Waals surface area contributed by atoms with Gasteiger partial charge in [0.1, 0.15) is 5.69 Å². The summed E-state index contributed by atoms with van der Waals surface area (Å²) in [5.74, 6) is 0.577. The first kappa shape index (κ1) is 14.1. The summed E-state index contributed by atoms with van der Waals surface area (Å²) in [5.41, 5.74) is 0.231. The Kier molecular flexibility index (Phi) is 4.41. The van der Waals surface area contributed by atoms with Gasteiger partial charge in [-0.1, -0.05) is 0 Å². The third kappa shape index (κ3) is 3.18. The maximum absolute atomic E-state index is 11.1. The van der Waals surface area contributed by atoms with Crippen LogP contribution < -0.4 is 10.6 Å². The van der Waals surface area contributed by atoms with Gasteiger partial charge in [-0.15, -0.1) is 11.3 Å². The second-order valence-corrected chi connectivity index (χ2v) is 4.92. The smallest absolute Gasteiger partial charge is 0.332 e. The molecule has 2 rings (SSSR count). The van der Waals surface area contributed by atoms with E-state index in [0.717, 1.165) is 5.01 Å². The van der Waals surface area contributed by atoms with E-state index in [4.69, 9.17) is 0 Å². The molecule has 0 unspecified atom stereocenters. The molecule has 0 saturated carbocycles. The second-order valence-electron chi connectivity index (χ2n) is 3.94. The molecule has 0 aliphatic rings. The Morgan fingerprint density at radius 3 is 2.85 bits per heavy atom. The summed E-state index contributed by atoms with van der Waals surface area (Å²) in [4.78, 5) is 22.9. The maximum Gasteiger partial charge on any atom is 0.332 e. The molecule has 0 atom stereocenters. The molecule has 2 heterocycles. The summed E-state index contributed by atoms with van der Waals surface area (Å²) in [6.07, 6.45) is 2.42. The fourth-order valence-corrected chi connectivity index (χ4v) is 2.31. The summed E-state index contributed by atoms with van der Waals surface area (Å²) in [6.45, 7) is 2.11. The van der Waals surface area contributed by atoms with Crippen LogP contribution in [-0.4, -0.2) is 33.5 Å². The molecule has 9 heteroatoms. The zero-order valence-corrected chi connectivity index (χ0v) is 11.9. The van der Waals surface area contributed by atoms with E-state index in [2.05, 4.69) is 25.6 Å². The van der Waals surface area contributed by atoms with Crippen molar-refractivity contribution in [3.05, 3.63) is 32.4 Å². The van der Waals surface area contributed by atoms with Gasteiger partial charge in [0.2, 0.25) is 11.8 Å². The highest BCUT2D eigenvalue weighted by atomic mass is 32.1. The summed E-state index contributed by atoms with van der Waals surface area (Å²) in [6, 6.07) is 0. The molecular weight excluding hydrogens is 280 g/mol. The van der Waals surface area contributed by atoms with Crippen molar-refractivity contribution >= 4 is 28.8 Å². The molecule has 8 nitrogen and oxygen atoms in total. The number of aryl methyl sites for hydroxylation is 1. The van der Waals surface area contributed by atoms with Crippen LogP contribution in [0.1, 0.15) is 10.7 Å². The molecule has 0 aliphatic carbocycles. The maximum atomic E-state index is 11.1. The Balaban J connectivity index is 2.16.